The van der Waals surface area contributed by atoms with E-state index in [0.29, 0.717) is 56.0 Å². The van der Waals surface area contributed by atoms with Crippen LogP contribution in [-0.2, 0) is 29.0 Å². The van der Waals surface area contributed by atoms with E-state index in [1.165, 1.54) is 12.1 Å². The van der Waals surface area contributed by atoms with Crippen LogP contribution in [0.15, 0.2) is 29.1 Å². The Bertz CT molecular complexity index is 1030. The number of aromatic nitrogens is 2. The van der Waals surface area contributed by atoms with Crippen LogP contribution in [0, 0.1) is 5.82 Å². The number of carbonyl (C=O) groups excluding carboxylic acids is 2. The number of halogens is 1. The van der Waals surface area contributed by atoms with Gasteiger partial charge in [-0.1, -0.05) is 19.1 Å². The highest BCUT2D eigenvalue weighted by molar-refractivity contribution is 5.79. The molecule has 2 amide bonds. The minimum absolute atomic E-state index is 0.0445. The van der Waals surface area contributed by atoms with Gasteiger partial charge >= 0.3 is 0 Å². The number of nitrogens with one attached hydrogen (secondary N) is 1. The molecule has 7 nitrogen and oxygen atoms in total. The summed E-state index contributed by atoms with van der Waals surface area (Å²) in [7, 11) is 0. The molecule has 0 unspecified atom stereocenters. The Morgan fingerprint density at radius 3 is 2.68 bits per heavy atom. The number of fused-ring (bicyclic) bond motifs is 1. The normalized spacial score (nSPS) is 18.6. The second kappa shape index (κ2) is 8.99. The first-order valence-corrected chi connectivity index (χ1v) is 10.9. The zero-order valence-electron chi connectivity index (χ0n) is 17.7. The molecule has 1 atom stereocenters. The third-order valence-electron chi connectivity index (χ3n) is 6.15. The molecule has 2 aliphatic heterocycles. The van der Waals surface area contributed by atoms with Gasteiger partial charge in [0.2, 0.25) is 11.8 Å². The van der Waals surface area contributed by atoms with Crippen molar-refractivity contribution in [3.05, 3.63) is 63.1 Å². The standard InChI is InChI=1S/C23H27FN4O3/c1-2-20(29)27-12-10-17-18(14-27)25-22(26-23(17)31)19-5-3-4-11-28(19)21(30)13-15-6-8-16(24)9-7-15/h6-9,19H,2-5,10-14H2,1H3,(H,25,26,31)/t19-/m0/s1. The molecule has 1 N–H and O–H groups in total. The van der Waals surface area contributed by atoms with Gasteiger partial charge in [0.05, 0.1) is 24.7 Å². The molecule has 164 valence electrons. The van der Waals surface area contributed by atoms with Crippen LogP contribution in [-0.4, -0.2) is 44.7 Å². The van der Waals surface area contributed by atoms with E-state index >= 15 is 0 Å². The van der Waals surface area contributed by atoms with E-state index < -0.39 is 0 Å². The van der Waals surface area contributed by atoms with E-state index in [1.807, 2.05) is 6.92 Å². The van der Waals surface area contributed by atoms with Gasteiger partial charge in [-0.15, -0.1) is 0 Å². The van der Waals surface area contributed by atoms with Crippen LogP contribution in [0.3, 0.4) is 0 Å². The van der Waals surface area contributed by atoms with Gasteiger partial charge in [-0.05, 0) is 43.4 Å². The van der Waals surface area contributed by atoms with Crippen molar-refractivity contribution in [2.75, 3.05) is 13.1 Å². The Morgan fingerprint density at radius 1 is 1.16 bits per heavy atom. The maximum Gasteiger partial charge on any atom is 0.254 e. The van der Waals surface area contributed by atoms with E-state index in [0.717, 1.165) is 18.4 Å². The summed E-state index contributed by atoms with van der Waals surface area (Å²) in [6, 6.07) is 5.62. The number of benzene rings is 1. The predicted octanol–water partition coefficient (Wildman–Crippen LogP) is 2.50. The Balaban J connectivity index is 1.59. The Morgan fingerprint density at radius 2 is 1.94 bits per heavy atom. The van der Waals surface area contributed by atoms with E-state index in [1.54, 1.807) is 21.9 Å². The lowest BCUT2D eigenvalue weighted by Crippen LogP contribution is -2.42. The lowest BCUT2D eigenvalue weighted by Gasteiger charge is -2.36. The highest BCUT2D eigenvalue weighted by Crippen LogP contribution is 2.30. The summed E-state index contributed by atoms with van der Waals surface area (Å²) in [4.78, 5) is 49.0. The summed E-state index contributed by atoms with van der Waals surface area (Å²) in [6.07, 6.45) is 3.62. The number of rotatable bonds is 4. The summed E-state index contributed by atoms with van der Waals surface area (Å²) in [5.74, 6) is 0.127. The first-order valence-electron chi connectivity index (χ1n) is 10.9. The summed E-state index contributed by atoms with van der Waals surface area (Å²) in [5, 5.41) is 0. The smallest absolute Gasteiger partial charge is 0.254 e. The van der Waals surface area contributed by atoms with Crippen LogP contribution in [0.5, 0.6) is 0 Å². The molecular weight excluding hydrogens is 399 g/mol. The second-order valence-corrected chi connectivity index (χ2v) is 8.20. The highest BCUT2D eigenvalue weighted by atomic mass is 19.1. The van der Waals surface area contributed by atoms with Crippen LogP contribution in [0.1, 0.15) is 61.3 Å². The number of likely N-dealkylation sites (tertiary alicyclic amines) is 1. The van der Waals surface area contributed by atoms with Crippen LogP contribution in [0.4, 0.5) is 4.39 Å². The molecule has 0 bridgehead atoms. The molecular formula is C23H27FN4O3. The first kappa shape index (κ1) is 21.2. The molecule has 2 aliphatic rings. The monoisotopic (exact) mass is 426 g/mol. The van der Waals surface area contributed by atoms with Crippen molar-refractivity contribution in [1.29, 1.82) is 0 Å². The van der Waals surface area contributed by atoms with E-state index in [4.69, 9.17) is 4.98 Å². The van der Waals surface area contributed by atoms with Gasteiger partial charge in [-0.25, -0.2) is 9.37 Å². The van der Waals surface area contributed by atoms with Crippen LogP contribution in [0.25, 0.3) is 0 Å². The average Bonchev–Trinajstić information content (AvgIpc) is 2.79. The van der Waals surface area contributed by atoms with Gasteiger partial charge in [-0.3, -0.25) is 14.4 Å². The molecule has 1 fully saturated rings. The van der Waals surface area contributed by atoms with E-state index in [-0.39, 0.29) is 35.7 Å². The fourth-order valence-electron chi connectivity index (χ4n) is 4.45. The van der Waals surface area contributed by atoms with Crippen molar-refractivity contribution in [1.82, 2.24) is 19.8 Å². The molecule has 0 aliphatic carbocycles. The number of carbonyl (C=O) groups is 2. The van der Waals surface area contributed by atoms with Gasteiger partial charge < -0.3 is 14.8 Å². The van der Waals surface area contributed by atoms with Crippen molar-refractivity contribution < 1.29 is 14.0 Å². The summed E-state index contributed by atoms with van der Waals surface area (Å²) in [6.45, 7) is 3.26. The SMILES string of the molecule is CCC(=O)N1CCc2c(nc([C@@H]3CCCCN3C(=O)Cc3ccc(F)cc3)[nH]c2=O)C1. The minimum atomic E-state index is -0.335. The topological polar surface area (TPSA) is 86.4 Å². The van der Waals surface area contributed by atoms with Gasteiger partial charge in [0.25, 0.3) is 5.56 Å². The first-order chi connectivity index (χ1) is 15.0. The average molecular weight is 426 g/mol. The molecule has 0 saturated carbocycles. The fourth-order valence-corrected chi connectivity index (χ4v) is 4.45. The lowest BCUT2D eigenvalue weighted by atomic mass is 9.99. The summed E-state index contributed by atoms with van der Waals surface area (Å²) >= 11 is 0. The van der Waals surface area contributed by atoms with Crippen LogP contribution >= 0.6 is 0 Å². The third-order valence-corrected chi connectivity index (χ3v) is 6.15. The quantitative estimate of drug-likeness (QED) is 0.814. The number of nitrogens with zero attached hydrogens (tertiary/aromatic N) is 3. The number of H-pyrrole nitrogens is 1. The molecule has 3 heterocycles. The molecule has 31 heavy (non-hydrogen) atoms. The van der Waals surface area contributed by atoms with Gasteiger partial charge in [0, 0.05) is 25.1 Å². The van der Waals surface area contributed by atoms with Gasteiger partial charge in [0.1, 0.15) is 11.6 Å². The molecule has 0 radical (unpaired) electrons. The Kier molecular flexibility index (Phi) is 6.15. The van der Waals surface area contributed by atoms with Crippen molar-refractivity contribution >= 4 is 11.8 Å². The number of hydrogen-bond acceptors (Lipinski definition) is 4. The largest absolute Gasteiger partial charge is 0.336 e. The Hall–Kier alpha value is -3.03. The van der Waals surface area contributed by atoms with Gasteiger partial charge in [0.15, 0.2) is 0 Å². The minimum Gasteiger partial charge on any atom is -0.336 e. The summed E-state index contributed by atoms with van der Waals surface area (Å²) < 4.78 is 13.2. The molecule has 1 aromatic heterocycles. The van der Waals surface area contributed by atoms with Gasteiger partial charge in [-0.2, -0.15) is 0 Å². The summed E-state index contributed by atoms with van der Waals surface area (Å²) in [5.41, 5.74) is 1.82. The molecule has 0 spiro atoms. The second-order valence-electron chi connectivity index (χ2n) is 8.20. The molecule has 8 heteroatoms. The number of piperidine rings is 1. The van der Waals surface area contributed by atoms with Crippen LogP contribution in [0.2, 0.25) is 0 Å². The third kappa shape index (κ3) is 4.52. The molecule has 2 aromatic rings. The highest BCUT2D eigenvalue weighted by Gasteiger charge is 2.31. The number of amides is 2. The van der Waals surface area contributed by atoms with Crippen LogP contribution < -0.4 is 5.56 Å². The number of aromatic amines is 1. The maximum absolute atomic E-state index is 13.2. The predicted molar refractivity (Wildman–Crippen MR) is 113 cm³/mol. The molecule has 4 rings (SSSR count). The molecule has 1 aromatic carbocycles. The fraction of sp³-hybridized carbons (Fsp3) is 0.478. The van der Waals surface area contributed by atoms with Crippen molar-refractivity contribution in [3.8, 4) is 0 Å². The van der Waals surface area contributed by atoms with Crippen molar-refractivity contribution in [2.24, 2.45) is 0 Å². The maximum atomic E-state index is 13.2. The number of hydrogen-bond donors (Lipinski definition) is 1. The Labute approximate surface area is 180 Å². The zero-order valence-corrected chi connectivity index (χ0v) is 17.7. The lowest BCUT2D eigenvalue weighted by molar-refractivity contribution is -0.134. The molecule has 1 saturated heterocycles. The van der Waals surface area contributed by atoms with E-state index in [2.05, 4.69) is 4.98 Å². The van der Waals surface area contributed by atoms with Crippen molar-refractivity contribution in [2.45, 2.75) is 58.0 Å². The van der Waals surface area contributed by atoms with Crippen molar-refractivity contribution in [3.63, 3.8) is 0 Å². The zero-order chi connectivity index (χ0) is 22.0. The van der Waals surface area contributed by atoms with E-state index in [9.17, 15) is 18.8 Å².